The Morgan fingerprint density at radius 3 is 1.35 bits per heavy atom. The summed E-state index contributed by atoms with van der Waals surface area (Å²) < 4.78 is 17.6. The molecule has 1 fully saturated rings. The van der Waals surface area contributed by atoms with Crippen LogP contribution in [0.2, 0.25) is 0 Å². The molecule has 8 unspecified atom stereocenters. The Bertz CT molecular complexity index is 1640. The number of hydrogen-bond donors (Lipinski definition) is 6. The summed E-state index contributed by atoms with van der Waals surface area (Å²) in [4.78, 5) is 26.6. The van der Waals surface area contributed by atoms with E-state index in [0.29, 0.717) is 12.8 Å². The first-order valence-corrected chi connectivity index (χ1v) is 33.4. The molecule has 0 bridgehead atoms. The number of carbonyl (C=O) groups is 2. The third-order valence-corrected chi connectivity index (χ3v) is 15.3. The smallest absolute Gasteiger partial charge is 0.306 e. The van der Waals surface area contributed by atoms with Gasteiger partial charge in [-0.2, -0.15) is 0 Å². The maximum absolute atomic E-state index is 13.4. The molecule has 1 aliphatic heterocycles. The fourth-order valence-electron chi connectivity index (χ4n) is 10.0. The molecular weight excluding hydrogens is 1010 g/mol. The van der Waals surface area contributed by atoms with Gasteiger partial charge in [-0.25, -0.2) is 0 Å². The monoisotopic (exact) mass is 1140 g/mol. The van der Waals surface area contributed by atoms with Crippen LogP contribution in [0.3, 0.4) is 0 Å². The van der Waals surface area contributed by atoms with Gasteiger partial charge in [0.15, 0.2) is 12.4 Å². The van der Waals surface area contributed by atoms with E-state index in [1.165, 1.54) is 141 Å². The molecule has 1 saturated heterocycles. The van der Waals surface area contributed by atoms with E-state index < -0.39 is 67.4 Å². The van der Waals surface area contributed by atoms with Gasteiger partial charge in [0.05, 0.1) is 25.4 Å². The lowest BCUT2D eigenvalue weighted by molar-refractivity contribution is -0.305. The van der Waals surface area contributed by atoms with Crippen LogP contribution in [0.25, 0.3) is 0 Å². The van der Waals surface area contributed by atoms with E-state index >= 15 is 0 Å². The maximum atomic E-state index is 13.4. The second kappa shape index (κ2) is 57.3. The van der Waals surface area contributed by atoms with Crippen molar-refractivity contribution in [1.29, 1.82) is 0 Å². The third kappa shape index (κ3) is 45.0. The van der Waals surface area contributed by atoms with Gasteiger partial charge >= 0.3 is 5.97 Å². The van der Waals surface area contributed by atoms with E-state index in [0.717, 1.165) is 96.3 Å². The molecule has 0 saturated carbocycles. The molecule has 1 heterocycles. The van der Waals surface area contributed by atoms with Crippen molar-refractivity contribution in [1.82, 2.24) is 5.32 Å². The number of aliphatic hydroxyl groups excluding tert-OH is 5. The lowest BCUT2D eigenvalue weighted by Gasteiger charge is -2.41. The van der Waals surface area contributed by atoms with E-state index in [-0.39, 0.29) is 19.4 Å². The molecule has 8 atom stereocenters. The van der Waals surface area contributed by atoms with Crippen molar-refractivity contribution in [3.63, 3.8) is 0 Å². The SMILES string of the molecule is CC/C=C\C/C=C\C/C=C\C/C=C\C/C=C\CCCCCCCCCCCCCC(=O)OC1C(OCC(NC(=O)C(O)CCCC/C=C\CCCCCCCC)C(O)/C=C/CCCCCCCCCCCCC)OC(CO)C(O)C1O. The number of rotatable bonds is 56. The molecule has 11 nitrogen and oxygen atoms in total. The van der Waals surface area contributed by atoms with Crippen LogP contribution < -0.4 is 5.32 Å². The molecular formula is C70H123NO10. The number of amides is 1. The van der Waals surface area contributed by atoms with Gasteiger partial charge in [0.2, 0.25) is 5.91 Å². The molecule has 6 N–H and O–H groups in total. The quantitative estimate of drug-likeness (QED) is 0.0195. The number of nitrogens with one attached hydrogen (secondary N) is 1. The topological polar surface area (TPSA) is 175 Å². The van der Waals surface area contributed by atoms with Crippen molar-refractivity contribution in [2.24, 2.45) is 0 Å². The van der Waals surface area contributed by atoms with Gasteiger partial charge in [-0.05, 0) is 96.3 Å². The highest BCUT2D eigenvalue weighted by molar-refractivity contribution is 5.80. The van der Waals surface area contributed by atoms with E-state index in [1.807, 2.05) is 6.08 Å². The summed E-state index contributed by atoms with van der Waals surface area (Å²) in [6.07, 6.45) is 64.8. The normalized spacial score (nSPS) is 19.2. The van der Waals surface area contributed by atoms with Gasteiger partial charge in [0.1, 0.15) is 24.4 Å². The first-order valence-electron chi connectivity index (χ1n) is 33.4. The molecule has 1 rings (SSSR count). The summed E-state index contributed by atoms with van der Waals surface area (Å²) in [5, 5.41) is 57.0. The average molecular weight is 1140 g/mol. The number of carbonyl (C=O) groups excluding carboxylic acids is 2. The van der Waals surface area contributed by atoms with Gasteiger partial charge in [0.25, 0.3) is 0 Å². The average Bonchev–Trinajstić information content (AvgIpc) is 3.50. The summed E-state index contributed by atoms with van der Waals surface area (Å²) in [7, 11) is 0. The van der Waals surface area contributed by atoms with Crippen LogP contribution in [0.1, 0.15) is 284 Å². The summed E-state index contributed by atoms with van der Waals surface area (Å²) >= 11 is 0. The molecule has 0 aliphatic carbocycles. The van der Waals surface area contributed by atoms with Crippen LogP contribution in [0.4, 0.5) is 0 Å². The zero-order chi connectivity index (χ0) is 58.9. The van der Waals surface area contributed by atoms with Crippen molar-refractivity contribution >= 4 is 11.9 Å². The summed E-state index contributed by atoms with van der Waals surface area (Å²) in [6, 6.07) is -1.03. The predicted octanol–water partition coefficient (Wildman–Crippen LogP) is 16.5. The summed E-state index contributed by atoms with van der Waals surface area (Å²) in [5.74, 6) is -1.21. The van der Waals surface area contributed by atoms with Crippen molar-refractivity contribution in [3.05, 3.63) is 85.1 Å². The zero-order valence-corrected chi connectivity index (χ0v) is 51.9. The van der Waals surface area contributed by atoms with Gasteiger partial charge < -0.3 is 45.1 Å². The summed E-state index contributed by atoms with van der Waals surface area (Å²) in [6.45, 7) is 5.66. The van der Waals surface area contributed by atoms with Gasteiger partial charge in [-0.3, -0.25) is 9.59 Å². The van der Waals surface area contributed by atoms with Gasteiger partial charge in [-0.15, -0.1) is 0 Å². The molecule has 468 valence electrons. The summed E-state index contributed by atoms with van der Waals surface area (Å²) in [5.41, 5.74) is 0. The molecule has 0 spiro atoms. The molecule has 0 aromatic carbocycles. The van der Waals surface area contributed by atoms with Crippen LogP contribution in [-0.4, -0.2) is 99.6 Å². The number of ether oxygens (including phenoxy) is 3. The van der Waals surface area contributed by atoms with Crippen molar-refractivity contribution in [3.8, 4) is 0 Å². The Kier molecular flexibility index (Phi) is 53.6. The Hall–Kier alpha value is -3.16. The largest absolute Gasteiger partial charge is 0.454 e. The van der Waals surface area contributed by atoms with E-state index in [4.69, 9.17) is 14.2 Å². The number of hydrogen-bond acceptors (Lipinski definition) is 10. The van der Waals surface area contributed by atoms with Crippen molar-refractivity contribution < 1.29 is 49.3 Å². The standard InChI is InChI=1S/C70H123NO10/c1-4-7-10-13-16-19-22-25-26-27-28-29-30-31-32-33-34-35-36-37-38-40-43-46-49-52-55-58-65(75)81-68-67(77)66(76)64(59-72)80-70(68)79-60-61(62(73)56-53-50-47-44-42-39-23-20-17-14-11-8-5-2)71-69(78)63(74)57-54-51-48-45-41-24-21-18-15-12-9-6-3/h7,10,16,19,25-26,28-29,31-32,41,45,53,56,61-64,66-68,70,72-74,76-77H,4-6,8-9,11-15,17-18,20-24,27,30,33-40,42-44,46-52,54-55,57-60H2,1-3H3,(H,71,78)/b10-7-,19-16-,26-25-,29-28-,32-31-,45-41-,56-53+. The minimum Gasteiger partial charge on any atom is -0.454 e. The van der Waals surface area contributed by atoms with E-state index in [1.54, 1.807) is 6.08 Å². The van der Waals surface area contributed by atoms with Crippen molar-refractivity contribution in [2.45, 2.75) is 333 Å². The van der Waals surface area contributed by atoms with Gasteiger partial charge in [0, 0.05) is 6.42 Å². The molecule has 1 amide bonds. The maximum Gasteiger partial charge on any atom is 0.306 e. The molecule has 0 aromatic rings. The molecule has 0 aromatic heterocycles. The minimum atomic E-state index is -1.62. The molecule has 81 heavy (non-hydrogen) atoms. The highest BCUT2D eigenvalue weighted by Gasteiger charge is 2.47. The number of unbranched alkanes of at least 4 members (excludes halogenated alkanes) is 30. The Morgan fingerprint density at radius 1 is 0.494 bits per heavy atom. The van der Waals surface area contributed by atoms with Crippen molar-refractivity contribution in [2.75, 3.05) is 13.2 Å². The second-order valence-electron chi connectivity index (χ2n) is 22.8. The molecule has 0 radical (unpaired) electrons. The first-order chi connectivity index (χ1) is 39.7. The fraction of sp³-hybridized carbons (Fsp3) is 0.771. The lowest BCUT2D eigenvalue weighted by Crippen LogP contribution is -2.61. The van der Waals surface area contributed by atoms with E-state index in [2.05, 4.69) is 99.0 Å². The van der Waals surface area contributed by atoms with Crippen LogP contribution in [0, 0.1) is 0 Å². The number of allylic oxidation sites excluding steroid dienone is 13. The highest BCUT2D eigenvalue weighted by Crippen LogP contribution is 2.26. The van der Waals surface area contributed by atoms with Gasteiger partial charge in [-0.1, -0.05) is 266 Å². The Balaban J connectivity index is 2.57. The number of aliphatic hydroxyl groups is 5. The van der Waals surface area contributed by atoms with E-state index in [9.17, 15) is 35.1 Å². The Morgan fingerprint density at radius 2 is 0.889 bits per heavy atom. The lowest BCUT2D eigenvalue weighted by atomic mass is 9.99. The highest BCUT2D eigenvalue weighted by atomic mass is 16.7. The first kappa shape index (κ1) is 75.9. The number of esters is 1. The van der Waals surface area contributed by atoms with Crippen LogP contribution in [0.5, 0.6) is 0 Å². The van der Waals surface area contributed by atoms with Crippen LogP contribution in [0.15, 0.2) is 85.1 Å². The van der Waals surface area contributed by atoms with Crippen LogP contribution in [-0.2, 0) is 23.8 Å². The minimum absolute atomic E-state index is 0.115. The Labute approximate surface area is 495 Å². The zero-order valence-electron chi connectivity index (χ0n) is 51.9. The molecule has 1 aliphatic rings. The second-order valence-corrected chi connectivity index (χ2v) is 22.8. The van der Waals surface area contributed by atoms with Crippen LogP contribution >= 0.6 is 0 Å². The molecule has 11 heteroatoms. The third-order valence-electron chi connectivity index (χ3n) is 15.3. The predicted molar refractivity (Wildman–Crippen MR) is 338 cm³/mol. The fourth-order valence-corrected chi connectivity index (χ4v) is 10.0.